The number of halogens is 3. The molecule has 4 rings (SSSR count). The zero-order valence-corrected chi connectivity index (χ0v) is 22.0. The van der Waals surface area contributed by atoms with Crippen molar-refractivity contribution in [3.8, 4) is 0 Å². The van der Waals surface area contributed by atoms with Gasteiger partial charge in [-0.15, -0.1) is 0 Å². The van der Waals surface area contributed by atoms with Gasteiger partial charge in [0.2, 0.25) is 9.84 Å². The SMILES string of the molecule is O=C([O-])C(F)(F)F.O=C(c1cc(S(=O)(=O)c2ccccc2)c(NCc2ccncc2)cc1[N+](=O)[O-])N1CC[NH2+]CC1. The van der Waals surface area contributed by atoms with Crippen LogP contribution in [0.4, 0.5) is 24.5 Å². The van der Waals surface area contributed by atoms with Crippen molar-refractivity contribution in [2.75, 3.05) is 31.5 Å². The summed E-state index contributed by atoms with van der Waals surface area (Å²) in [6.45, 7) is 2.43. The minimum absolute atomic E-state index is 0.0294. The van der Waals surface area contributed by atoms with Gasteiger partial charge in [0.15, 0.2) is 0 Å². The Hall–Kier alpha value is -4.57. The van der Waals surface area contributed by atoms with E-state index in [1.807, 2.05) is 0 Å². The van der Waals surface area contributed by atoms with Crippen molar-refractivity contribution in [2.24, 2.45) is 0 Å². The van der Waals surface area contributed by atoms with Gasteiger partial charge in [-0.25, -0.2) is 8.42 Å². The fourth-order valence-electron chi connectivity index (χ4n) is 3.80. The number of alkyl halides is 3. The molecule has 1 aliphatic rings. The molecule has 12 nitrogen and oxygen atoms in total. The van der Waals surface area contributed by atoms with Crippen molar-refractivity contribution in [3.05, 3.63) is 88.2 Å². The maximum atomic E-state index is 13.5. The van der Waals surface area contributed by atoms with Crippen LogP contribution in [0, 0.1) is 10.1 Å². The van der Waals surface area contributed by atoms with Crippen molar-refractivity contribution < 1.29 is 46.5 Å². The van der Waals surface area contributed by atoms with E-state index in [-0.39, 0.29) is 27.6 Å². The first-order chi connectivity index (χ1) is 19.3. The first-order valence-corrected chi connectivity index (χ1v) is 13.4. The fourth-order valence-corrected chi connectivity index (χ4v) is 5.26. The summed E-state index contributed by atoms with van der Waals surface area (Å²) in [5.74, 6) is -3.56. The molecule has 3 N–H and O–H groups in total. The summed E-state index contributed by atoms with van der Waals surface area (Å²) in [6, 6.07) is 13.6. The van der Waals surface area contributed by atoms with E-state index >= 15 is 0 Å². The number of nitro benzene ring substituents is 1. The van der Waals surface area contributed by atoms with Crippen LogP contribution in [0.3, 0.4) is 0 Å². The number of nitrogens with two attached hydrogens (primary N) is 1. The van der Waals surface area contributed by atoms with Crippen LogP contribution in [-0.2, 0) is 21.2 Å². The number of sulfone groups is 1. The number of hydrogen-bond acceptors (Lipinski definition) is 9. The lowest BCUT2D eigenvalue weighted by Gasteiger charge is -2.25. The molecule has 2 heterocycles. The van der Waals surface area contributed by atoms with Crippen molar-refractivity contribution in [1.29, 1.82) is 0 Å². The second-order valence-electron chi connectivity index (χ2n) is 8.59. The van der Waals surface area contributed by atoms with E-state index < -0.39 is 38.5 Å². The van der Waals surface area contributed by atoms with Gasteiger partial charge in [0, 0.05) is 25.0 Å². The van der Waals surface area contributed by atoms with Crippen LogP contribution in [0.15, 0.2) is 76.8 Å². The van der Waals surface area contributed by atoms with Crippen LogP contribution in [0.1, 0.15) is 15.9 Å². The van der Waals surface area contributed by atoms with Gasteiger partial charge in [0.05, 0.1) is 46.6 Å². The predicted octanol–water partition coefficient (Wildman–Crippen LogP) is 0.753. The molecule has 1 saturated heterocycles. The van der Waals surface area contributed by atoms with Crippen molar-refractivity contribution in [3.63, 3.8) is 0 Å². The maximum absolute atomic E-state index is 13.5. The molecule has 0 saturated carbocycles. The van der Waals surface area contributed by atoms with Crippen LogP contribution in [-0.4, -0.2) is 67.5 Å². The van der Waals surface area contributed by atoms with E-state index in [9.17, 15) is 36.5 Å². The number of carboxylic acids is 1. The standard InChI is InChI=1S/C23H23N5O5S.C2HF3O2/c29-23(27-12-10-25-11-13-27)19-14-22(34(32,33)18-4-2-1-3-5-18)20(15-21(19)28(30)31)26-16-17-6-8-24-9-7-17;3-2(4,5)1(6)7/h1-9,14-15,25-26H,10-13,16H2;(H,6,7). The molecule has 1 amide bonds. The summed E-state index contributed by atoms with van der Waals surface area (Å²) in [6.07, 6.45) is -2.00. The number of rotatable bonds is 7. The highest BCUT2D eigenvalue weighted by Crippen LogP contribution is 2.35. The zero-order chi connectivity index (χ0) is 30.2. The van der Waals surface area contributed by atoms with Crippen LogP contribution in [0.2, 0.25) is 0 Å². The van der Waals surface area contributed by atoms with E-state index in [0.29, 0.717) is 26.2 Å². The molecule has 218 valence electrons. The molecule has 1 fully saturated rings. The highest BCUT2D eigenvalue weighted by Gasteiger charge is 2.32. The summed E-state index contributed by atoms with van der Waals surface area (Å²) in [7, 11) is -4.08. The van der Waals surface area contributed by atoms with E-state index in [1.54, 1.807) is 42.7 Å². The molecule has 0 atom stereocenters. The van der Waals surface area contributed by atoms with Gasteiger partial charge < -0.3 is 25.4 Å². The topological polar surface area (TPSA) is 179 Å². The number of hydrogen-bond donors (Lipinski definition) is 2. The van der Waals surface area contributed by atoms with E-state index in [2.05, 4.69) is 15.6 Å². The fraction of sp³-hybridized carbons (Fsp3) is 0.240. The van der Waals surface area contributed by atoms with Gasteiger partial charge in [0.25, 0.3) is 11.6 Å². The molecule has 0 radical (unpaired) electrons. The van der Waals surface area contributed by atoms with E-state index in [4.69, 9.17) is 9.90 Å². The highest BCUT2D eigenvalue weighted by molar-refractivity contribution is 7.91. The summed E-state index contributed by atoms with van der Waals surface area (Å²) < 4.78 is 58.6. The molecule has 0 spiro atoms. The Morgan fingerprint density at radius 2 is 1.63 bits per heavy atom. The number of carbonyl (C=O) groups is 2. The maximum Gasteiger partial charge on any atom is 0.430 e. The van der Waals surface area contributed by atoms with Gasteiger partial charge in [0.1, 0.15) is 11.5 Å². The molecular formula is C25H24F3N5O7S. The number of pyridine rings is 1. The van der Waals surface area contributed by atoms with Crippen LogP contribution < -0.4 is 15.7 Å². The summed E-state index contributed by atoms with van der Waals surface area (Å²) in [4.78, 5) is 38.6. The molecule has 2 aromatic carbocycles. The van der Waals surface area contributed by atoms with Gasteiger partial charge in [-0.3, -0.25) is 19.9 Å². The van der Waals surface area contributed by atoms with Crippen molar-refractivity contribution in [1.82, 2.24) is 9.88 Å². The first-order valence-electron chi connectivity index (χ1n) is 12.0. The number of nitrogens with one attached hydrogen (secondary N) is 1. The summed E-state index contributed by atoms with van der Waals surface area (Å²) in [5, 5.41) is 25.8. The lowest BCUT2D eigenvalue weighted by molar-refractivity contribution is -0.661. The quantitative estimate of drug-likeness (QED) is 0.294. The van der Waals surface area contributed by atoms with Gasteiger partial charge in [-0.2, -0.15) is 13.2 Å². The van der Waals surface area contributed by atoms with Gasteiger partial charge >= 0.3 is 6.18 Å². The molecule has 3 aromatic rings. The monoisotopic (exact) mass is 595 g/mol. The Bertz CT molecular complexity index is 1500. The Labute approximate surface area is 231 Å². The molecule has 0 aliphatic carbocycles. The van der Waals surface area contributed by atoms with Gasteiger partial charge in [-0.1, -0.05) is 18.2 Å². The van der Waals surface area contributed by atoms with Gasteiger partial charge in [-0.05, 0) is 35.9 Å². The number of nitrogens with zero attached hydrogens (tertiary/aromatic N) is 3. The zero-order valence-electron chi connectivity index (χ0n) is 21.2. The number of nitro groups is 1. The van der Waals surface area contributed by atoms with E-state index in [0.717, 1.165) is 17.7 Å². The molecule has 1 aromatic heterocycles. The average Bonchev–Trinajstić information content (AvgIpc) is 2.96. The summed E-state index contributed by atoms with van der Waals surface area (Å²) >= 11 is 0. The molecule has 0 unspecified atom stereocenters. The largest absolute Gasteiger partial charge is 0.542 e. The third kappa shape index (κ3) is 7.98. The molecule has 0 bridgehead atoms. The number of aromatic nitrogens is 1. The number of benzene rings is 2. The molecule has 1 aliphatic heterocycles. The summed E-state index contributed by atoms with van der Waals surface area (Å²) in [5.41, 5.74) is 0.181. The lowest BCUT2D eigenvalue weighted by atomic mass is 10.1. The second kappa shape index (κ2) is 13.2. The van der Waals surface area contributed by atoms with Crippen LogP contribution >= 0.6 is 0 Å². The Morgan fingerprint density at radius 3 is 2.17 bits per heavy atom. The predicted molar refractivity (Wildman–Crippen MR) is 135 cm³/mol. The Kier molecular flexibility index (Phi) is 9.96. The number of piperazine rings is 1. The van der Waals surface area contributed by atoms with Crippen molar-refractivity contribution in [2.45, 2.75) is 22.5 Å². The number of amides is 1. The number of quaternary nitrogens is 1. The molecular weight excluding hydrogens is 571 g/mol. The Balaban J connectivity index is 0.000000587. The first kappa shape index (κ1) is 31.0. The number of aliphatic carboxylic acids is 1. The normalized spacial score (nSPS) is 13.5. The lowest BCUT2D eigenvalue weighted by Crippen LogP contribution is -2.89. The van der Waals surface area contributed by atoms with E-state index in [1.165, 1.54) is 17.0 Å². The molecule has 16 heteroatoms. The van der Waals surface area contributed by atoms with Crippen LogP contribution in [0.5, 0.6) is 0 Å². The average molecular weight is 596 g/mol. The minimum atomic E-state index is -5.19. The highest BCUT2D eigenvalue weighted by atomic mass is 32.2. The molecule has 41 heavy (non-hydrogen) atoms. The number of carboxylic acid groups (broad SMARTS) is 1. The number of anilines is 1. The second-order valence-corrected chi connectivity index (χ2v) is 10.5. The minimum Gasteiger partial charge on any atom is -0.542 e. The van der Waals surface area contributed by atoms with Crippen LogP contribution in [0.25, 0.3) is 0 Å². The third-order valence-corrected chi connectivity index (χ3v) is 7.63. The number of carbonyl (C=O) groups excluding carboxylic acids is 2. The Morgan fingerprint density at radius 1 is 1.05 bits per heavy atom. The third-order valence-electron chi connectivity index (χ3n) is 5.83. The van der Waals surface area contributed by atoms with Crippen molar-refractivity contribution >= 4 is 33.1 Å². The smallest absolute Gasteiger partial charge is 0.430 e.